The maximum atomic E-state index is 9.18. The molecule has 2 heterocycles. The summed E-state index contributed by atoms with van der Waals surface area (Å²) in [6, 6.07) is 21.7. The fourth-order valence-corrected chi connectivity index (χ4v) is 5.03. The fraction of sp³-hybridized carbons (Fsp3) is 0.321. The Balaban J connectivity index is 1.26. The zero-order valence-electron chi connectivity index (χ0n) is 18.5. The van der Waals surface area contributed by atoms with E-state index in [1.165, 1.54) is 27.9 Å². The normalized spacial score (nSPS) is 19.5. The van der Waals surface area contributed by atoms with Gasteiger partial charge in [0.25, 0.3) is 0 Å². The first-order valence-electron chi connectivity index (χ1n) is 11.7. The van der Waals surface area contributed by atoms with Gasteiger partial charge in [-0.1, -0.05) is 66.7 Å². The van der Waals surface area contributed by atoms with Crippen LogP contribution in [0.25, 0.3) is 6.08 Å². The van der Waals surface area contributed by atoms with Crippen LogP contribution in [0.15, 0.2) is 72.9 Å². The van der Waals surface area contributed by atoms with Gasteiger partial charge in [-0.15, -0.1) is 0 Å². The Labute approximate surface area is 190 Å². The monoisotopic (exact) mass is 425 g/mol. The minimum atomic E-state index is 0.0975. The number of aromatic nitrogens is 1. The van der Waals surface area contributed by atoms with E-state index in [0.29, 0.717) is 6.04 Å². The van der Waals surface area contributed by atoms with Crippen LogP contribution in [0.4, 0.5) is 0 Å². The first-order chi connectivity index (χ1) is 15.8. The molecule has 0 radical (unpaired) electrons. The maximum absolute atomic E-state index is 9.18. The predicted octanol–water partition coefficient (Wildman–Crippen LogP) is 4.09. The van der Waals surface area contributed by atoms with Crippen molar-refractivity contribution >= 4 is 6.08 Å². The topological polar surface area (TPSA) is 39.6 Å². The van der Waals surface area contributed by atoms with Crippen molar-refractivity contribution in [2.75, 3.05) is 32.7 Å². The van der Waals surface area contributed by atoms with Gasteiger partial charge < -0.3 is 5.11 Å². The number of fused-ring (bicyclic) bond motifs is 2. The van der Waals surface area contributed by atoms with Gasteiger partial charge >= 0.3 is 0 Å². The Morgan fingerprint density at radius 3 is 2.47 bits per heavy atom. The standard InChI is InChI=1S/C28H31N3O/c32-21-23-11-9-22(10-12-23)5-4-16-30-17-19-31(20-18-30)28-25-7-2-1-6-24(25)13-14-27-26(28)8-3-15-29-27/h1-12,15,28,32H,13-14,16-21H2. The Hall–Kier alpha value is -2.79. The molecule has 1 unspecified atom stereocenters. The Kier molecular flexibility index (Phi) is 6.44. The number of hydrogen-bond acceptors (Lipinski definition) is 4. The second kappa shape index (κ2) is 9.78. The minimum absolute atomic E-state index is 0.0975. The number of aliphatic hydroxyl groups is 1. The molecule has 1 N–H and O–H groups in total. The van der Waals surface area contributed by atoms with Gasteiger partial charge in [0.2, 0.25) is 0 Å². The maximum Gasteiger partial charge on any atom is 0.0681 e. The molecule has 32 heavy (non-hydrogen) atoms. The molecule has 2 aromatic carbocycles. The van der Waals surface area contributed by atoms with E-state index in [4.69, 9.17) is 4.98 Å². The smallest absolute Gasteiger partial charge is 0.0681 e. The Morgan fingerprint density at radius 1 is 0.875 bits per heavy atom. The van der Waals surface area contributed by atoms with Crippen molar-refractivity contribution in [2.45, 2.75) is 25.5 Å². The Bertz CT molecular complexity index is 1020. The predicted molar refractivity (Wildman–Crippen MR) is 129 cm³/mol. The van der Waals surface area contributed by atoms with Gasteiger partial charge in [0.05, 0.1) is 12.6 Å². The molecule has 3 aromatic rings. The van der Waals surface area contributed by atoms with Crippen LogP contribution < -0.4 is 0 Å². The highest BCUT2D eigenvalue weighted by molar-refractivity contribution is 5.49. The molecule has 1 aliphatic heterocycles. The summed E-state index contributed by atoms with van der Waals surface area (Å²) in [4.78, 5) is 9.92. The summed E-state index contributed by atoms with van der Waals surface area (Å²) in [5.74, 6) is 0. The summed E-state index contributed by atoms with van der Waals surface area (Å²) in [6.45, 7) is 5.33. The summed E-state index contributed by atoms with van der Waals surface area (Å²) in [7, 11) is 0. The van der Waals surface area contributed by atoms with Crippen molar-refractivity contribution in [1.82, 2.24) is 14.8 Å². The zero-order chi connectivity index (χ0) is 21.8. The molecule has 4 nitrogen and oxygen atoms in total. The van der Waals surface area contributed by atoms with E-state index in [9.17, 15) is 5.11 Å². The number of aryl methyl sites for hydroxylation is 2. The number of hydrogen-bond donors (Lipinski definition) is 1. The number of rotatable bonds is 5. The van der Waals surface area contributed by atoms with Crippen LogP contribution in [-0.2, 0) is 19.4 Å². The van der Waals surface area contributed by atoms with Crippen LogP contribution in [0.2, 0.25) is 0 Å². The van der Waals surface area contributed by atoms with Gasteiger partial charge in [0, 0.05) is 44.6 Å². The lowest BCUT2D eigenvalue weighted by Crippen LogP contribution is -2.47. The largest absolute Gasteiger partial charge is 0.392 e. The molecular formula is C28H31N3O. The molecule has 2 aliphatic rings. The van der Waals surface area contributed by atoms with E-state index in [1.54, 1.807) is 0 Å². The number of aliphatic hydroxyl groups excluding tert-OH is 1. The highest BCUT2D eigenvalue weighted by Crippen LogP contribution is 2.36. The summed E-state index contributed by atoms with van der Waals surface area (Å²) in [5.41, 5.74) is 7.70. The molecule has 5 rings (SSSR count). The average molecular weight is 426 g/mol. The molecule has 1 aromatic heterocycles. The van der Waals surface area contributed by atoms with E-state index in [0.717, 1.165) is 51.1 Å². The lowest BCUT2D eigenvalue weighted by atomic mass is 9.94. The third-order valence-electron chi connectivity index (χ3n) is 6.81. The molecule has 0 bridgehead atoms. The highest BCUT2D eigenvalue weighted by Gasteiger charge is 2.31. The molecule has 1 saturated heterocycles. The van der Waals surface area contributed by atoms with Gasteiger partial charge in [-0.3, -0.25) is 14.8 Å². The molecule has 1 atom stereocenters. The number of benzene rings is 2. The van der Waals surface area contributed by atoms with Crippen molar-refractivity contribution in [3.05, 3.63) is 106 Å². The van der Waals surface area contributed by atoms with Crippen LogP contribution >= 0.6 is 0 Å². The summed E-state index contributed by atoms with van der Waals surface area (Å²) in [5, 5.41) is 9.18. The van der Waals surface area contributed by atoms with Crippen molar-refractivity contribution < 1.29 is 5.11 Å². The molecule has 164 valence electrons. The average Bonchev–Trinajstić information content (AvgIpc) is 3.02. The molecule has 1 fully saturated rings. The zero-order valence-corrected chi connectivity index (χ0v) is 18.5. The SMILES string of the molecule is OCc1ccc(C=CCN2CCN(C3c4ccccc4CCc4ncccc43)CC2)cc1. The third kappa shape index (κ3) is 4.53. The van der Waals surface area contributed by atoms with Crippen LogP contribution in [0, 0.1) is 0 Å². The summed E-state index contributed by atoms with van der Waals surface area (Å²) in [6.07, 6.45) is 8.46. The number of nitrogens with zero attached hydrogens (tertiary/aromatic N) is 3. The quantitative estimate of drug-likeness (QED) is 0.668. The highest BCUT2D eigenvalue weighted by atomic mass is 16.3. The number of pyridine rings is 1. The summed E-state index contributed by atoms with van der Waals surface area (Å²) >= 11 is 0. The molecule has 0 spiro atoms. The van der Waals surface area contributed by atoms with E-state index in [1.807, 2.05) is 18.3 Å². The first-order valence-corrected chi connectivity index (χ1v) is 11.7. The first kappa shape index (κ1) is 21.1. The van der Waals surface area contributed by atoms with Crippen LogP contribution in [0.1, 0.15) is 39.6 Å². The molecular weight excluding hydrogens is 394 g/mol. The van der Waals surface area contributed by atoms with Crippen LogP contribution in [0.3, 0.4) is 0 Å². The molecule has 0 saturated carbocycles. The second-order valence-corrected chi connectivity index (χ2v) is 8.78. The fourth-order valence-electron chi connectivity index (χ4n) is 5.03. The van der Waals surface area contributed by atoms with Crippen molar-refractivity contribution in [3.63, 3.8) is 0 Å². The molecule has 0 amide bonds. The van der Waals surface area contributed by atoms with Gasteiger partial charge in [0.15, 0.2) is 0 Å². The van der Waals surface area contributed by atoms with E-state index in [2.05, 4.69) is 70.5 Å². The van der Waals surface area contributed by atoms with Crippen molar-refractivity contribution in [2.24, 2.45) is 0 Å². The van der Waals surface area contributed by atoms with Crippen LogP contribution in [0.5, 0.6) is 0 Å². The van der Waals surface area contributed by atoms with Crippen molar-refractivity contribution in [1.29, 1.82) is 0 Å². The van der Waals surface area contributed by atoms with Gasteiger partial charge in [-0.2, -0.15) is 0 Å². The third-order valence-corrected chi connectivity index (χ3v) is 6.81. The van der Waals surface area contributed by atoms with Gasteiger partial charge in [-0.25, -0.2) is 0 Å². The lowest BCUT2D eigenvalue weighted by Gasteiger charge is -2.40. The van der Waals surface area contributed by atoms with Crippen LogP contribution in [-0.4, -0.2) is 52.6 Å². The summed E-state index contributed by atoms with van der Waals surface area (Å²) < 4.78 is 0. The van der Waals surface area contributed by atoms with Gasteiger partial charge in [0.1, 0.15) is 0 Å². The van der Waals surface area contributed by atoms with E-state index in [-0.39, 0.29) is 6.61 Å². The molecule has 1 aliphatic carbocycles. The van der Waals surface area contributed by atoms with Gasteiger partial charge in [-0.05, 0) is 46.7 Å². The van der Waals surface area contributed by atoms with E-state index < -0.39 is 0 Å². The molecule has 4 heteroatoms. The Morgan fingerprint density at radius 2 is 1.66 bits per heavy atom. The second-order valence-electron chi connectivity index (χ2n) is 8.78. The number of piperazine rings is 1. The minimum Gasteiger partial charge on any atom is -0.392 e. The lowest BCUT2D eigenvalue weighted by molar-refractivity contribution is 0.117. The van der Waals surface area contributed by atoms with E-state index >= 15 is 0 Å². The van der Waals surface area contributed by atoms with Crippen molar-refractivity contribution in [3.8, 4) is 0 Å².